The summed E-state index contributed by atoms with van der Waals surface area (Å²) in [5.41, 5.74) is 3.50. The highest BCUT2D eigenvalue weighted by Gasteiger charge is 2.22. The molecule has 20 heavy (non-hydrogen) atoms. The Balaban J connectivity index is 1.92. The number of hydrogen-bond acceptors (Lipinski definition) is 2. The minimum Gasteiger partial charge on any atom is -0.331 e. The number of nitrogens with zero attached hydrogens (tertiary/aromatic N) is 2. The van der Waals surface area contributed by atoms with Crippen LogP contribution in [0.3, 0.4) is 0 Å². The van der Waals surface area contributed by atoms with Crippen molar-refractivity contribution in [3.63, 3.8) is 0 Å². The number of rotatable bonds is 4. The molecule has 0 unspecified atom stereocenters. The molecular formula is C17H22N2O. The maximum absolute atomic E-state index is 11.1. The molecule has 0 spiro atoms. The fraction of sp³-hybridized carbons (Fsp3) is 0.529. The highest BCUT2D eigenvalue weighted by Crippen LogP contribution is 2.34. The second kappa shape index (κ2) is 5.39. The Labute approximate surface area is 120 Å². The summed E-state index contributed by atoms with van der Waals surface area (Å²) in [5, 5.41) is 0. The molecule has 0 saturated heterocycles. The van der Waals surface area contributed by atoms with Crippen LogP contribution in [0, 0.1) is 0 Å². The van der Waals surface area contributed by atoms with Gasteiger partial charge in [-0.3, -0.25) is 0 Å². The molecular weight excluding hydrogens is 248 g/mol. The first-order valence-corrected chi connectivity index (χ1v) is 7.60. The Morgan fingerprint density at radius 1 is 1.35 bits per heavy atom. The van der Waals surface area contributed by atoms with Crippen LogP contribution < -0.4 is 0 Å². The molecule has 2 aromatic rings. The predicted molar refractivity (Wildman–Crippen MR) is 80.9 cm³/mol. The highest BCUT2D eigenvalue weighted by molar-refractivity contribution is 5.78. The molecule has 0 bridgehead atoms. The van der Waals surface area contributed by atoms with E-state index in [2.05, 4.69) is 29.8 Å². The summed E-state index contributed by atoms with van der Waals surface area (Å²) in [7, 11) is 2.12. The number of aromatic nitrogens is 2. The third kappa shape index (κ3) is 2.49. The molecule has 0 atom stereocenters. The van der Waals surface area contributed by atoms with Crippen LogP contribution in [0.4, 0.5) is 0 Å². The lowest BCUT2D eigenvalue weighted by molar-refractivity contribution is -0.116. The van der Waals surface area contributed by atoms with Crippen LogP contribution >= 0.6 is 0 Å². The third-order valence-corrected chi connectivity index (χ3v) is 4.47. The molecule has 3 nitrogen and oxygen atoms in total. The van der Waals surface area contributed by atoms with Crippen LogP contribution in [0.15, 0.2) is 18.2 Å². The Bertz CT molecular complexity index is 636. The van der Waals surface area contributed by atoms with Crippen molar-refractivity contribution in [1.82, 2.24) is 9.55 Å². The first kappa shape index (κ1) is 13.3. The molecule has 1 aromatic carbocycles. The second-order valence-electron chi connectivity index (χ2n) is 6.04. The van der Waals surface area contributed by atoms with Crippen molar-refractivity contribution in [2.75, 3.05) is 0 Å². The van der Waals surface area contributed by atoms with Gasteiger partial charge in [0.1, 0.15) is 11.6 Å². The number of fused-ring (bicyclic) bond motifs is 1. The molecule has 0 N–H and O–H groups in total. The van der Waals surface area contributed by atoms with Crippen molar-refractivity contribution in [1.29, 1.82) is 0 Å². The van der Waals surface area contributed by atoms with Gasteiger partial charge in [0.25, 0.3) is 0 Å². The van der Waals surface area contributed by atoms with E-state index < -0.39 is 0 Å². The standard InChI is InChI=1S/C17H22N2O/c1-12(20)7-8-13-9-10-16-15(11-13)18-17(19(16)2)14-5-3-4-6-14/h9-11,14H,3-8H2,1-2H3. The van der Waals surface area contributed by atoms with Crippen LogP contribution in [0.5, 0.6) is 0 Å². The number of carbonyl (C=O) groups excluding carboxylic acids is 1. The van der Waals surface area contributed by atoms with E-state index in [9.17, 15) is 4.79 Å². The molecule has 1 heterocycles. The lowest BCUT2D eigenvalue weighted by Crippen LogP contribution is -2.02. The fourth-order valence-electron chi connectivity index (χ4n) is 3.29. The monoisotopic (exact) mass is 270 g/mol. The van der Waals surface area contributed by atoms with Crippen LogP contribution in [0.1, 0.15) is 56.3 Å². The van der Waals surface area contributed by atoms with Gasteiger partial charge in [-0.05, 0) is 43.9 Å². The lowest BCUT2D eigenvalue weighted by atomic mass is 10.1. The van der Waals surface area contributed by atoms with E-state index in [0.29, 0.717) is 12.3 Å². The van der Waals surface area contributed by atoms with Gasteiger partial charge >= 0.3 is 0 Å². The van der Waals surface area contributed by atoms with Gasteiger partial charge in [0.2, 0.25) is 0 Å². The lowest BCUT2D eigenvalue weighted by Gasteiger charge is -2.08. The first-order chi connectivity index (χ1) is 9.65. The second-order valence-corrected chi connectivity index (χ2v) is 6.04. The zero-order valence-electron chi connectivity index (χ0n) is 12.4. The van der Waals surface area contributed by atoms with Gasteiger partial charge in [0.05, 0.1) is 11.0 Å². The van der Waals surface area contributed by atoms with Gasteiger partial charge in [0, 0.05) is 19.4 Å². The predicted octanol–water partition coefficient (Wildman–Crippen LogP) is 3.75. The number of benzene rings is 1. The molecule has 0 aliphatic heterocycles. The smallest absolute Gasteiger partial charge is 0.130 e. The van der Waals surface area contributed by atoms with E-state index in [4.69, 9.17) is 4.98 Å². The summed E-state index contributed by atoms with van der Waals surface area (Å²) in [5.74, 6) is 2.12. The Kier molecular flexibility index (Phi) is 3.60. The van der Waals surface area contributed by atoms with Crippen molar-refractivity contribution in [2.24, 2.45) is 7.05 Å². The van der Waals surface area contributed by atoms with Gasteiger partial charge in [-0.15, -0.1) is 0 Å². The minimum atomic E-state index is 0.248. The van der Waals surface area contributed by atoms with E-state index in [0.717, 1.165) is 11.9 Å². The van der Waals surface area contributed by atoms with E-state index in [1.807, 2.05) is 0 Å². The molecule has 0 amide bonds. The summed E-state index contributed by atoms with van der Waals surface area (Å²) in [4.78, 5) is 16.0. The first-order valence-electron chi connectivity index (χ1n) is 7.60. The minimum absolute atomic E-state index is 0.248. The highest BCUT2D eigenvalue weighted by atomic mass is 16.1. The third-order valence-electron chi connectivity index (χ3n) is 4.47. The van der Waals surface area contributed by atoms with Crippen molar-refractivity contribution in [3.8, 4) is 0 Å². The zero-order chi connectivity index (χ0) is 14.1. The number of aryl methyl sites for hydroxylation is 2. The van der Waals surface area contributed by atoms with Crippen LogP contribution in [0.25, 0.3) is 11.0 Å². The summed E-state index contributed by atoms with van der Waals surface area (Å²) >= 11 is 0. The molecule has 0 radical (unpaired) electrons. The normalized spacial score (nSPS) is 16.1. The quantitative estimate of drug-likeness (QED) is 0.848. The van der Waals surface area contributed by atoms with E-state index >= 15 is 0 Å². The number of Topliss-reactive ketones (excluding diaryl/α,β-unsaturated/α-hetero) is 1. The molecule has 3 heteroatoms. The zero-order valence-corrected chi connectivity index (χ0v) is 12.4. The van der Waals surface area contributed by atoms with E-state index in [-0.39, 0.29) is 5.78 Å². The van der Waals surface area contributed by atoms with Crippen molar-refractivity contribution in [3.05, 3.63) is 29.6 Å². The summed E-state index contributed by atoms with van der Waals surface area (Å²) < 4.78 is 2.25. The maximum Gasteiger partial charge on any atom is 0.130 e. The molecule has 1 fully saturated rings. The Morgan fingerprint density at radius 3 is 2.80 bits per heavy atom. The molecule has 3 rings (SSSR count). The van der Waals surface area contributed by atoms with Gasteiger partial charge in [-0.25, -0.2) is 4.98 Å². The molecule has 1 aliphatic rings. The SMILES string of the molecule is CC(=O)CCc1ccc2c(c1)nc(C1CCCC1)n2C. The molecule has 1 saturated carbocycles. The summed E-state index contributed by atoms with van der Waals surface area (Å²) in [6.45, 7) is 1.65. The average molecular weight is 270 g/mol. The molecule has 1 aromatic heterocycles. The molecule has 106 valence electrons. The molecule has 1 aliphatic carbocycles. The summed E-state index contributed by atoms with van der Waals surface area (Å²) in [6.07, 6.45) is 6.65. The number of ketones is 1. The van der Waals surface area contributed by atoms with Crippen LogP contribution in [-0.2, 0) is 18.3 Å². The summed E-state index contributed by atoms with van der Waals surface area (Å²) in [6, 6.07) is 6.43. The van der Waals surface area contributed by atoms with E-state index in [1.54, 1.807) is 6.92 Å². The maximum atomic E-state index is 11.1. The van der Waals surface area contributed by atoms with Gasteiger partial charge < -0.3 is 9.36 Å². The average Bonchev–Trinajstić information content (AvgIpc) is 3.04. The topological polar surface area (TPSA) is 34.9 Å². The number of carbonyl (C=O) groups is 1. The number of imidazole rings is 1. The van der Waals surface area contributed by atoms with Crippen molar-refractivity contribution < 1.29 is 4.79 Å². The van der Waals surface area contributed by atoms with Gasteiger partial charge in [0.15, 0.2) is 0 Å². The van der Waals surface area contributed by atoms with Crippen LogP contribution in [-0.4, -0.2) is 15.3 Å². The van der Waals surface area contributed by atoms with Gasteiger partial charge in [-0.2, -0.15) is 0 Å². The fourth-order valence-corrected chi connectivity index (χ4v) is 3.29. The Morgan fingerprint density at radius 2 is 2.10 bits per heavy atom. The number of hydrogen-bond donors (Lipinski definition) is 0. The van der Waals surface area contributed by atoms with Crippen molar-refractivity contribution in [2.45, 2.75) is 51.4 Å². The van der Waals surface area contributed by atoms with Crippen LogP contribution in [0.2, 0.25) is 0 Å². The Hall–Kier alpha value is -1.64. The van der Waals surface area contributed by atoms with Crippen molar-refractivity contribution >= 4 is 16.8 Å². The van der Waals surface area contributed by atoms with E-state index in [1.165, 1.54) is 42.6 Å². The largest absolute Gasteiger partial charge is 0.331 e. The van der Waals surface area contributed by atoms with Gasteiger partial charge in [-0.1, -0.05) is 18.9 Å².